The molecule has 0 radical (unpaired) electrons. The minimum Gasteiger partial charge on any atom is -0.495 e. The summed E-state index contributed by atoms with van der Waals surface area (Å²) in [5.74, 6) is 0.798. The second-order valence-corrected chi connectivity index (χ2v) is 6.80. The van der Waals surface area contributed by atoms with Gasteiger partial charge >= 0.3 is 0 Å². The topological polar surface area (TPSA) is 33.6 Å². The summed E-state index contributed by atoms with van der Waals surface area (Å²) in [4.78, 5) is 4.43. The van der Waals surface area contributed by atoms with Crippen LogP contribution >= 0.6 is 43.6 Å². The standard InChI is InChI=1S/C11H12Br2N2OS/c1-6-5-14-11(17-6)15-9-4-10(16-2)8(13)3-7(9)12/h3-4,6H,5H2,1-2H3,(H,14,15). The van der Waals surface area contributed by atoms with Crippen molar-refractivity contribution in [3.8, 4) is 5.75 Å². The molecule has 1 aliphatic rings. The molecular weight excluding hydrogens is 368 g/mol. The second-order valence-electron chi connectivity index (χ2n) is 3.67. The Balaban J connectivity index is 2.21. The smallest absolute Gasteiger partial charge is 0.161 e. The second kappa shape index (κ2) is 5.63. The number of thioether (sulfide) groups is 1. The molecule has 1 atom stereocenters. The molecule has 0 amide bonds. The largest absolute Gasteiger partial charge is 0.495 e. The first-order chi connectivity index (χ1) is 8.10. The molecule has 1 N–H and O–H groups in total. The first kappa shape index (κ1) is 13.2. The van der Waals surface area contributed by atoms with Crippen LogP contribution in [-0.4, -0.2) is 24.1 Å². The summed E-state index contributed by atoms with van der Waals surface area (Å²) in [5.41, 5.74) is 0.963. The molecule has 0 fully saturated rings. The number of ether oxygens (including phenoxy) is 1. The molecule has 0 bridgehead atoms. The predicted octanol–water partition coefficient (Wildman–Crippen LogP) is 4.12. The van der Waals surface area contributed by atoms with Crippen LogP contribution in [0.15, 0.2) is 26.1 Å². The minimum atomic E-state index is 0.550. The van der Waals surface area contributed by atoms with Gasteiger partial charge in [0.15, 0.2) is 5.17 Å². The van der Waals surface area contributed by atoms with Crippen LogP contribution < -0.4 is 10.1 Å². The van der Waals surface area contributed by atoms with Crippen LogP contribution in [0.4, 0.5) is 5.69 Å². The van der Waals surface area contributed by atoms with Crippen LogP contribution in [0.2, 0.25) is 0 Å². The highest BCUT2D eigenvalue weighted by Crippen LogP contribution is 2.35. The summed E-state index contributed by atoms with van der Waals surface area (Å²) in [6, 6.07) is 3.91. The van der Waals surface area contributed by atoms with Crippen molar-refractivity contribution < 1.29 is 4.74 Å². The molecule has 0 aliphatic carbocycles. The van der Waals surface area contributed by atoms with Gasteiger partial charge in [-0.2, -0.15) is 0 Å². The summed E-state index contributed by atoms with van der Waals surface area (Å²) in [6.07, 6.45) is 0. The highest BCUT2D eigenvalue weighted by Gasteiger charge is 2.16. The molecule has 1 aromatic rings. The number of nitrogens with one attached hydrogen (secondary N) is 1. The minimum absolute atomic E-state index is 0.550. The third-order valence-electron chi connectivity index (χ3n) is 2.29. The molecule has 0 saturated carbocycles. The Morgan fingerprint density at radius 1 is 1.41 bits per heavy atom. The van der Waals surface area contributed by atoms with E-state index in [0.717, 1.165) is 32.1 Å². The molecule has 0 spiro atoms. The van der Waals surface area contributed by atoms with E-state index >= 15 is 0 Å². The number of benzene rings is 1. The van der Waals surface area contributed by atoms with E-state index < -0.39 is 0 Å². The molecule has 6 heteroatoms. The van der Waals surface area contributed by atoms with Gasteiger partial charge in [-0.1, -0.05) is 18.7 Å². The van der Waals surface area contributed by atoms with Crippen LogP contribution in [0.3, 0.4) is 0 Å². The molecule has 1 heterocycles. The van der Waals surface area contributed by atoms with Crippen molar-refractivity contribution in [2.45, 2.75) is 12.2 Å². The number of hydrogen-bond acceptors (Lipinski definition) is 4. The van der Waals surface area contributed by atoms with Gasteiger partial charge in [0.25, 0.3) is 0 Å². The molecule has 17 heavy (non-hydrogen) atoms. The van der Waals surface area contributed by atoms with Crippen molar-refractivity contribution in [1.82, 2.24) is 0 Å². The first-order valence-electron chi connectivity index (χ1n) is 5.11. The maximum absolute atomic E-state index is 5.27. The SMILES string of the molecule is COc1cc(NC2=NCC(C)S2)c(Br)cc1Br. The van der Waals surface area contributed by atoms with Gasteiger partial charge < -0.3 is 10.1 Å². The summed E-state index contributed by atoms with van der Waals surface area (Å²) < 4.78 is 7.17. The van der Waals surface area contributed by atoms with Gasteiger partial charge in [-0.15, -0.1) is 0 Å². The van der Waals surface area contributed by atoms with E-state index in [2.05, 4.69) is 49.1 Å². The Morgan fingerprint density at radius 3 is 2.76 bits per heavy atom. The highest BCUT2D eigenvalue weighted by molar-refractivity contribution is 9.11. The molecule has 2 rings (SSSR count). The zero-order chi connectivity index (χ0) is 12.4. The molecule has 1 unspecified atom stereocenters. The fourth-order valence-electron chi connectivity index (χ4n) is 1.44. The van der Waals surface area contributed by atoms with E-state index in [-0.39, 0.29) is 0 Å². The van der Waals surface area contributed by atoms with Gasteiger partial charge in [-0.25, -0.2) is 0 Å². The average molecular weight is 380 g/mol. The average Bonchev–Trinajstić information content (AvgIpc) is 2.68. The van der Waals surface area contributed by atoms with Crippen molar-refractivity contribution in [3.05, 3.63) is 21.1 Å². The Bertz CT molecular complexity index is 465. The molecule has 0 saturated heterocycles. The quantitative estimate of drug-likeness (QED) is 0.838. The lowest BCUT2D eigenvalue weighted by Crippen LogP contribution is -2.06. The number of rotatable bonds is 2. The van der Waals surface area contributed by atoms with Crippen molar-refractivity contribution >= 4 is 54.5 Å². The van der Waals surface area contributed by atoms with E-state index in [1.54, 1.807) is 18.9 Å². The maximum atomic E-state index is 5.27. The van der Waals surface area contributed by atoms with E-state index in [9.17, 15) is 0 Å². The number of methoxy groups -OCH3 is 1. The van der Waals surface area contributed by atoms with E-state index in [1.165, 1.54) is 0 Å². The summed E-state index contributed by atoms with van der Waals surface area (Å²) in [5, 5.41) is 4.82. The van der Waals surface area contributed by atoms with Gasteiger partial charge in [0.1, 0.15) is 5.75 Å². The van der Waals surface area contributed by atoms with Gasteiger partial charge in [0.05, 0.1) is 23.8 Å². The predicted molar refractivity (Wildman–Crippen MR) is 81.4 cm³/mol. The fraction of sp³-hybridized carbons (Fsp3) is 0.364. The first-order valence-corrected chi connectivity index (χ1v) is 7.58. The molecule has 3 nitrogen and oxygen atoms in total. The van der Waals surface area contributed by atoms with Gasteiger partial charge in [0.2, 0.25) is 0 Å². The Kier molecular flexibility index (Phi) is 4.38. The molecule has 1 aromatic carbocycles. The van der Waals surface area contributed by atoms with Crippen LogP contribution in [0.25, 0.3) is 0 Å². The van der Waals surface area contributed by atoms with Crippen LogP contribution in [0, 0.1) is 0 Å². The molecule has 0 aromatic heterocycles. The molecule has 92 valence electrons. The number of halogens is 2. The lowest BCUT2D eigenvalue weighted by molar-refractivity contribution is 0.412. The number of aliphatic imine (C=N–C) groups is 1. The zero-order valence-electron chi connectivity index (χ0n) is 9.46. The Morgan fingerprint density at radius 2 is 2.18 bits per heavy atom. The monoisotopic (exact) mass is 378 g/mol. The molecule has 1 aliphatic heterocycles. The van der Waals surface area contributed by atoms with Crippen LogP contribution in [0.5, 0.6) is 5.75 Å². The Labute approximate surface area is 122 Å². The van der Waals surface area contributed by atoms with Gasteiger partial charge in [0, 0.05) is 15.8 Å². The van der Waals surface area contributed by atoms with Crippen molar-refractivity contribution in [2.75, 3.05) is 19.0 Å². The number of anilines is 1. The third-order valence-corrected chi connectivity index (χ3v) is 4.57. The van der Waals surface area contributed by atoms with Crippen molar-refractivity contribution in [2.24, 2.45) is 4.99 Å². The van der Waals surface area contributed by atoms with Crippen LogP contribution in [0.1, 0.15) is 6.92 Å². The highest BCUT2D eigenvalue weighted by atomic mass is 79.9. The number of nitrogens with zero attached hydrogens (tertiary/aromatic N) is 1. The van der Waals surface area contributed by atoms with E-state index in [0.29, 0.717) is 5.25 Å². The summed E-state index contributed by atoms with van der Waals surface area (Å²) in [6.45, 7) is 3.04. The van der Waals surface area contributed by atoms with Crippen molar-refractivity contribution in [1.29, 1.82) is 0 Å². The molecular formula is C11H12Br2N2OS. The van der Waals surface area contributed by atoms with E-state index in [4.69, 9.17) is 4.74 Å². The summed E-state index contributed by atoms with van der Waals surface area (Å²) in [7, 11) is 1.65. The lowest BCUT2D eigenvalue weighted by Gasteiger charge is -2.11. The third kappa shape index (κ3) is 3.17. The van der Waals surface area contributed by atoms with Gasteiger partial charge in [-0.3, -0.25) is 4.99 Å². The number of hydrogen-bond donors (Lipinski definition) is 1. The summed E-state index contributed by atoms with van der Waals surface area (Å²) >= 11 is 8.72. The zero-order valence-corrected chi connectivity index (χ0v) is 13.4. The van der Waals surface area contributed by atoms with Crippen molar-refractivity contribution in [3.63, 3.8) is 0 Å². The van der Waals surface area contributed by atoms with Gasteiger partial charge in [-0.05, 0) is 37.9 Å². The normalized spacial score (nSPS) is 19.1. The maximum Gasteiger partial charge on any atom is 0.161 e. The van der Waals surface area contributed by atoms with Crippen LogP contribution in [-0.2, 0) is 0 Å². The van der Waals surface area contributed by atoms with E-state index in [1.807, 2.05) is 12.1 Å². The Hall–Kier alpha value is -0.200. The lowest BCUT2D eigenvalue weighted by atomic mass is 10.3. The fourth-order valence-corrected chi connectivity index (χ4v) is 3.55. The number of amidine groups is 1.